The Morgan fingerprint density at radius 1 is 1.35 bits per heavy atom. The molecule has 0 spiro atoms. The van der Waals surface area contributed by atoms with Crippen molar-refractivity contribution >= 4 is 9.84 Å². The zero-order valence-corrected chi connectivity index (χ0v) is 11.1. The van der Waals surface area contributed by atoms with E-state index in [1.165, 1.54) is 11.1 Å². The SMILES string of the molecule is Cc1ccccc1C(C)CNC1CS(=O)(=O)C1. The zero-order chi connectivity index (χ0) is 12.5. The lowest BCUT2D eigenvalue weighted by atomic mass is 9.96. The van der Waals surface area contributed by atoms with E-state index in [-0.39, 0.29) is 6.04 Å². The summed E-state index contributed by atoms with van der Waals surface area (Å²) in [5, 5.41) is 3.32. The van der Waals surface area contributed by atoms with Crippen LogP contribution in [0.15, 0.2) is 24.3 Å². The third kappa shape index (κ3) is 3.07. The summed E-state index contributed by atoms with van der Waals surface area (Å²) >= 11 is 0. The molecular weight excluding hydrogens is 234 g/mol. The molecule has 1 aliphatic rings. The summed E-state index contributed by atoms with van der Waals surface area (Å²) in [5.74, 6) is 1.01. The van der Waals surface area contributed by atoms with Crippen LogP contribution in [0, 0.1) is 6.92 Å². The van der Waals surface area contributed by atoms with Crippen molar-refractivity contribution in [3.8, 4) is 0 Å². The van der Waals surface area contributed by atoms with E-state index in [0.717, 1.165) is 6.54 Å². The van der Waals surface area contributed by atoms with Crippen molar-refractivity contribution in [2.24, 2.45) is 0 Å². The fourth-order valence-corrected chi connectivity index (χ4v) is 3.64. The van der Waals surface area contributed by atoms with Gasteiger partial charge in [0.05, 0.1) is 11.5 Å². The van der Waals surface area contributed by atoms with Crippen molar-refractivity contribution in [1.82, 2.24) is 5.32 Å². The van der Waals surface area contributed by atoms with Crippen molar-refractivity contribution in [2.45, 2.75) is 25.8 Å². The summed E-state index contributed by atoms with van der Waals surface area (Å²) in [4.78, 5) is 0. The average Bonchev–Trinajstić information content (AvgIpc) is 2.23. The van der Waals surface area contributed by atoms with E-state index in [9.17, 15) is 8.42 Å². The molecule has 1 aromatic rings. The van der Waals surface area contributed by atoms with Gasteiger partial charge in [-0.3, -0.25) is 0 Å². The van der Waals surface area contributed by atoms with Gasteiger partial charge in [-0.15, -0.1) is 0 Å². The minimum atomic E-state index is -2.71. The van der Waals surface area contributed by atoms with Crippen LogP contribution in [0.1, 0.15) is 24.0 Å². The van der Waals surface area contributed by atoms with E-state index in [4.69, 9.17) is 0 Å². The highest BCUT2D eigenvalue weighted by molar-refractivity contribution is 7.92. The molecule has 0 amide bonds. The molecule has 0 aliphatic carbocycles. The largest absolute Gasteiger partial charge is 0.311 e. The van der Waals surface area contributed by atoms with Crippen LogP contribution >= 0.6 is 0 Å². The highest BCUT2D eigenvalue weighted by atomic mass is 32.2. The Morgan fingerprint density at radius 3 is 2.59 bits per heavy atom. The predicted molar refractivity (Wildman–Crippen MR) is 70.0 cm³/mol. The Balaban J connectivity index is 1.86. The van der Waals surface area contributed by atoms with Gasteiger partial charge in [0.15, 0.2) is 9.84 Å². The van der Waals surface area contributed by atoms with Crippen LogP contribution in [0.4, 0.5) is 0 Å². The fraction of sp³-hybridized carbons (Fsp3) is 0.538. The van der Waals surface area contributed by atoms with E-state index in [0.29, 0.717) is 17.4 Å². The number of aryl methyl sites for hydroxylation is 1. The molecule has 94 valence electrons. The van der Waals surface area contributed by atoms with Crippen molar-refractivity contribution in [3.05, 3.63) is 35.4 Å². The minimum Gasteiger partial charge on any atom is -0.311 e. The molecule has 1 N–H and O–H groups in total. The summed E-state index contributed by atoms with van der Waals surface area (Å²) in [6.45, 7) is 5.12. The lowest BCUT2D eigenvalue weighted by molar-refractivity contribution is 0.496. The van der Waals surface area contributed by atoms with Crippen molar-refractivity contribution in [1.29, 1.82) is 0 Å². The second-order valence-electron chi connectivity index (χ2n) is 4.94. The quantitative estimate of drug-likeness (QED) is 0.884. The van der Waals surface area contributed by atoms with Gasteiger partial charge in [-0.25, -0.2) is 8.42 Å². The molecule has 2 rings (SSSR count). The van der Waals surface area contributed by atoms with E-state index < -0.39 is 9.84 Å². The fourth-order valence-electron chi connectivity index (χ4n) is 2.28. The molecular formula is C13H19NO2S. The molecule has 0 radical (unpaired) electrons. The smallest absolute Gasteiger partial charge is 0.153 e. The first-order chi connectivity index (χ1) is 7.98. The molecule has 4 heteroatoms. The Bertz CT molecular complexity index is 484. The van der Waals surface area contributed by atoms with Crippen molar-refractivity contribution < 1.29 is 8.42 Å². The van der Waals surface area contributed by atoms with Gasteiger partial charge in [0.1, 0.15) is 0 Å². The van der Waals surface area contributed by atoms with E-state index in [2.05, 4.69) is 31.3 Å². The van der Waals surface area contributed by atoms with Crippen molar-refractivity contribution in [3.63, 3.8) is 0 Å². The lowest BCUT2D eigenvalue weighted by Crippen LogP contribution is -2.51. The number of nitrogens with one attached hydrogen (secondary N) is 1. The molecule has 1 fully saturated rings. The highest BCUT2D eigenvalue weighted by Crippen LogP contribution is 2.19. The third-order valence-corrected chi connectivity index (χ3v) is 5.16. The maximum absolute atomic E-state index is 11.0. The number of benzene rings is 1. The average molecular weight is 253 g/mol. The molecule has 1 saturated heterocycles. The van der Waals surface area contributed by atoms with Crippen molar-refractivity contribution in [2.75, 3.05) is 18.1 Å². The monoisotopic (exact) mass is 253 g/mol. The summed E-state index contributed by atoms with van der Waals surface area (Å²) < 4.78 is 22.1. The first kappa shape index (κ1) is 12.6. The predicted octanol–water partition coefficient (Wildman–Crippen LogP) is 1.49. The van der Waals surface area contributed by atoms with Gasteiger partial charge in [0, 0.05) is 12.6 Å². The van der Waals surface area contributed by atoms with Gasteiger partial charge in [0.25, 0.3) is 0 Å². The Morgan fingerprint density at radius 2 is 2.00 bits per heavy atom. The molecule has 0 bridgehead atoms. The molecule has 1 heterocycles. The topological polar surface area (TPSA) is 46.2 Å². The van der Waals surface area contributed by atoms with Crippen LogP contribution in [-0.2, 0) is 9.84 Å². The van der Waals surface area contributed by atoms with Gasteiger partial charge >= 0.3 is 0 Å². The molecule has 1 aliphatic heterocycles. The third-order valence-electron chi connectivity index (χ3n) is 3.34. The normalized spacial score (nSPS) is 20.8. The van der Waals surface area contributed by atoms with Gasteiger partial charge in [-0.1, -0.05) is 31.2 Å². The van der Waals surface area contributed by atoms with E-state index in [1.54, 1.807) is 0 Å². The summed E-state index contributed by atoms with van der Waals surface area (Å²) in [6, 6.07) is 8.50. The summed E-state index contributed by atoms with van der Waals surface area (Å²) in [6.07, 6.45) is 0. The standard InChI is InChI=1S/C13H19NO2S/c1-10-5-3-4-6-13(10)11(2)7-14-12-8-17(15,16)9-12/h3-6,11-12,14H,7-9H2,1-2H3. The highest BCUT2D eigenvalue weighted by Gasteiger charge is 2.32. The zero-order valence-electron chi connectivity index (χ0n) is 10.3. The van der Waals surface area contributed by atoms with Crippen LogP contribution in [0.25, 0.3) is 0 Å². The first-order valence-corrected chi connectivity index (χ1v) is 7.79. The molecule has 1 aromatic carbocycles. The first-order valence-electron chi connectivity index (χ1n) is 5.97. The number of hydrogen-bond acceptors (Lipinski definition) is 3. The van der Waals surface area contributed by atoms with Crippen LogP contribution in [0.3, 0.4) is 0 Å². The van der Waals surface area contributed by atoms with Crippen LogP contribution in [0.2, 0.25) is 0 Å². The van der Waals surface area contributed by atoms with E-state index >= 15 is 0 Å². The molecule has 1 atom stereocenters. The van der Waals surface area contributed by atoms with Crippen LogP contribution < -0.4 is 5.32 Å². The Labute approximate surface area is 103 Å². The summed E-state index contributed by atoms with van der Waals surface area (Å²) in [7, 11) is -2.71. The number of rotatable bonds is 4. The number of hydrogen-bond donors (Lipinski definition) is 1. The van der Waals surface area contributed by atoms with Crippen LogP contribution in [0.5, 0.6) is 0 Å². The lowest BCUT2D eigenvalue weighted by Gasteiger charge is -2.28. The molecule has 3 nitrogen and oxygen atoms in total. The van der Waals surface area contributed by atoms with Gasteiger partial charge in [0.2, 0.25) is 0 Å². The van der Waals surface area contributed by atoms with Gasteiger partial charge in [-0.2, -0.15) is 0 Å². The van der Waals surface area contributed by atoms with Crippen LogP contribution in [-0.4, -0.2) is 32.5 Å². The van der Waals surface area contributed by atoms with E-state index in [1.807, 2.05) is 12.1 Å². The molecule has 0 aromatic heterocycles. The van der Waals surface area contributed by atoms with Gasteiger partial charge in [-0.05, 0) is 24.0 Å². The van der Waals surface area contributed by atoms with Gasteiger partial charge < -0.3 is 5.32 Å². The molecule has 1 unspecified atom stereocenters. The second-order valence-corrected chi connectivity index (χ2v) is 7.09. The molecule has 17 heavy (non-hydrogen) atoms. The Kier molecular flexibility index (Phi) is 3.54. The Hall–Kier alpha value is -0.870. The summed E-state index contributed by atoms with van der Waals surface area (Å²) in [5.41, 5.74) is 2.63. The minimum absolute atomic E-state index is 0.159. The maximum Gasteiger partial charge on any atom is 0.153 e. The maximum atomic E-state index is 11.0. The second kappa shape index (κ2) is 4.78. The molecule has 0 saturated carbocycles. The number of sulfone groups is 1.